The number of carbonyl (C=O) groups is 2. The van der Waals surface area contributed by atoms with E-state index in [0.717, 1.165) is 0 Å². The molecule has 23 heavy (non-hydrogen) atoms. The summed E-state index contributed by atoms with van der Waals surface area (Å²) in [5.74, 6) is -1.70. The van der Waals surface area contributed by atoms with Crippen LogP contribution in [0, 0.1) is 0 Å². The molecule has 0 saturated carbocycles. The summed E-state index contributed by atoms with van der Waals surface area (Å²) in [6.07, 6.45) is 1.23. The second-order valence-corrected chi connectivity index (χ2v) is 5.57. The summed E-state index contributed by atoms with van der Waals surface area (Å²) in [4.78, 5) is 20.2. The molecule has 0 radical (unpaired) electrons. The quantitative estimate of drug-likeness (QED) is 0.294. The first kappa shape index (κ1) is 25.4. The Morgan fingerprint density at radius 2 is 1.48 bits per heavy atom. The molecule has 1 aliphatic rings. The van der Waals surface area contributed by atoms with Crippen molar-refractivity contribution in [3.8, 4) is 0 Å². The summed E-state index contributed by atoms with van der Waals surface area (Å²) in [6.45, 7) is 5.25. The number of benzene rings is 1. The third-order valence-corrected chi connectivity index (χ3v) is 3.77. The average Bonchev–Trinajstić information content (AvgIpc) is 3.16. The van der Waals surface area contributed by atoms with Crippen LogP contribution in [0.1, 0.15) is 31.7 Å². The van der Waals surface area contributed by atoms with Gasteiger partial charge in [-0.25, -0.2) is 0 Å². The maximum atomic E-state index is 10.1. The molecule has 5 nitrogen and oxygen atoms in total. The number of aliphatic carboxylic acids is 2. The van der Waals surface area contributed by atoms with Crippen LogP contribution in [0.4, 0.5) is 0 Å². The van der Waals surface area contributed by atoms with Gasteiger partial charge in [-0.05, 0) is 17.9 Å². The minimum atomic E-state index is -1.20. The van der Waals surface area contributed by atoms with Crippen LogP contribution in [-0.2, 0) is 9.59 Å². The van der Waals surface area contributed by atoms with Crippen LogP contribution in [0.3, 0.4) is 0 Å². The molecule has 1 aromatic carbocycles. The molecule has 1 fully saturated rings. The van der Waals surface area contributed by atoms with E-state index in [1.807, 2.05) is 0 Å². The van der Waals surface area contributed by atoms with Crippen LogP contribution in [0.15, 0.2) is 30.3 Å². The maximum Gasteiger partial charge on any atom is 1.00 e. The van der Waals surface area contributed by atoms with Gasteiger partial charge in [0, 0.05) is 0 Å². The largest absolute Gasteiger partial charge is 1.00 e. The van der Waals surface area contributed by atoms with Crippen molar-refractivity contribution in [2.24, 2.45) is 0 Å². The normalized spacial score (nSPS) is 14.9. The Kier molecular flexibility index (Phi) is 13.8. The number of hydrogen-bond acceptors (Lipinski definition) is 4. The van der Waals surface area contributed by atoms with Gasteiger partial charge in [0.15, 0.2) is 0 Å². The summed E-state index contributed by atoms with van der Waals surface area (Å²) in [5, 5.41) is 20.2. The van der Waals surface area contributed by atoms with Gasteiger partial charge in [0.25, 0.3) is 0 Å². The third-order valence-electron chi connectivity index (χ3n) is 3.77. The fraction of sp³-hybridized carbons (Fsp3) is 0.500. The van der Waals surface area contributed by atoms with Gasteiger partial charge in [-0.2, -0.15) is 0 Å². The van der Waals surface area contributed by atoms with Gasteiger partial charge in [0.1, 0.15) is 26.2 Å². The molecule has 0 aliphatic carbocycles. The fourth-order valence-electron chi connectivity index (χ4n) is 2.08. The predicted molar refractivity (Wildman–Crippen MR) is 74.9 cm³/mol. The molecule has 0 amide bonds. The minimum absolute atomic E-state index is 0. The summed E-state index contributed by atoms with van der Waals surface area (Å²) < 4.78 is 0.0880. The number of rotatable bonds is 6. The van der Waals surface area contributed by atoms with Gasteiger partial charge in [-0.15, -0.1) is 0 Å². The van der Waals surface area contributed by atoms with Gasteiger partial charge in [0.2, 0.25) is 0 Å². The van der Waals surface area contributed by atoms with Crippen molar-refractivity contribution in [1.29, 1.82) is 0 Å². The van der Waals surface area contributed by atoms with E-state index in [9.17, 15) is 19.8 Å². The van der Waals surface area contributed by atoms with Crippen LogP contribution in [-0.4, -0.2) is 42.6 Å². The number of carbonyl (C=O) groups excluding carboxylic acids is 2. The Hall–Kier alpha value is 0.120. The first-order chi connectivity index (χ1) is 9.88. The van der Waals surface area contributed by atoms with Crippen molar-refractivity contribution in [3.05, 3.63) is 35.9 Å². The fourth-order valence-corrected chi connectivity index (χ4v) is 2.08. The molecule has 0 N–H and O–H groups in total. The zero-order chi connectivity index (χ0) is 15.9. The Labute approximate surface area is 182 Å². The van der Waals surface area contributed by atoms with Gasteiger partial charge in [-0.1, -0.05) is 44.2 Å². The second kappa shape index (κ2) is 12.5. The molecule has 0 bridgehead atoms. The molecule has 116 valence electrons. The van der Waals surface area contributed by atoms with Gasteiger partial charge >= 0.3 is 59.1 Å². The van der Waals surface area contributed by atoms with E-state index in [1.54, 1.807) is 0 Å². The van der Waals surface area contributed by atoms with E-state index in [0.29, 0.717) is 19.0 Å². The molecule has 1 aliphatic heterocycles. The van der Waals surface area contributed by atoms with E-state index >= 15 is 0 Å². The Balaban J connectivity index is 0. The van der Waals surface area contributed by atoms with Crippen LogP contribution in [0.2, 0.25) is 0 Å². The van der Waals surface area contributed by atoms with Crippen molar-refractivity contribution in [2.75, 3.05) is 26.2 Å². The van der Waals surface area contributed by atoms with E-state index in [1.165, 1.54) is 12.0 Å². The Bertz CT molecular complexity index is 460. The van der Waals surface area contributed by atoms with E-state index in [-0.39, 0.29) is 76.7 Å². The van der Waals surface area contributed by atoms with Gasteiger partial charge < -0.3 is 24.3 Å². The van der Waals surface area contributed by atoms with Crippen molar-refractivity contribution in [2.45, 2.75) is 26.2 Å². The van der Waals surface area contributed by atoms with E-state index < -0.39 is 11.9 Å². The molecule has 0 aromatic heterocycles. The number of carboxylic acids is 2. The summed E-state index contributed by atoms with van der Waals surface area (Å²) >= 11 is 0. The summed E-state index contributed by atoms with van der Waals surface area (Å²) in [6, 6.07) is 10.6. The molecule has 0 spiro atoms. The van der Waals surface area contributed by atoms with Crippen molar-refractivity contribution >= 4 is 11.9 Å². The SMILES string of the molecule is CCC(C)c1ccccc1.O=C([O-])C[N+]1(CC(=O)[O-])CC1.[Na+].[Na+]. The molecular formula is C16H22NNa2O4+. The molecule has 1 atom stereocenters. The average molecular weight is 338 g/mol. The molecular weight excluding hydrogens is 316 g/mol. The maximum absolute atomic E-state index is 10.1. The smallest absolute Gasteiger partial charge is 0.544 e. The van der Waals surface area contributed by atoms with E-state index in [2.05, 4.69) is 44.2 Å². The third kappa shape index (κ3) is 10.6. The Morgan fingerprint density at radius 3 is 1.78 bits per heavy atom. The first-order valence-corrected chi connectivity index (χ1v) is 7.18. The topological polar surface area (TPSA) is 80.3 Å². The van der Waals surface area contributed by atoms with Crippen LogP contribution in [0.5, 0.6) is 0 Å². The number of carboxylic acid groups (broad SMARTS) is 2. The standard InChI is InChI=1S/C10H14.C6H9NO4.2Na/c1-3-9(2)10-7-5-4-6-8-10;8-5(9)3-7(1-2-7)4-6(10)11;;/h4-9H,3H2,1-2H3;1-4H2,(H-,8,9,10,11);;/q;;2*+1/p-1. The van der Waals surface area contributed by atoms with Crippen LogP contribution in [0.25, 0.3) is 0 Å². The van der Waals surface area contributed by atoms with Crippen LogP contribution < -0.4 is 69.3 Å². The molecule has 1 unspecified atom stereocenters. The van der Waals surface area contributed by atoms with Crippen molar-refractivity contribution in [3.63, 3.8) is 0 Å². The molecule has 1 aromatic rings. The molecule has 1 saturated heterocycles. The monoisotopic (exact) mass is 338 g/mol. The molecule has 7 heteroatoms. The molecule has 1 heterocycles. The predicted octanol–water partition coefficient (Wildman–Crippen LogP) is -6.48. The van der Waals surface area contributed by atoms with Crippen LogP contribution >= 0.6 is 0 Å². The Morgan fingerprint density at radius 1 is 1.04 bits per heavy atom. The zero-order valence-corrected chi connectivity index (χ0v) is 18.6. The number of hydrogen-bond donors (Lipinski definition) is 0. The van der Waals surface area contributed by atoms with E-state index in [4.69, 9.17) is 0 Å². The van der Waals surface area contributed by atoms with Gasteiger partial charge in [-0.3, -0.25) is 0 Å². The minimum Gasteiger partial charge on any atom is -0.544 e. The number of quaternary nitrogens is 1. The molecule has 2 rings (SSSR count). The zero-order valence-electron chi connectivity index (χ0n) is 14.6. The first-order valence-electron chi connectivity index (χ1n) is 7.18. The van der Waals surface area contributed by atoms with Crippen molar-refractivity contribution in [1.82, 2.24) is 0 Å². The second-order valence-electron chi connectivity index (χ2n) is 5.57. The number of nitrogens with zero attached hydrogens (tertiary/aromatic N) is 1. The summed E-state index contributed by atoms with van der Waals surface area (Å²) in [7, 11) is 0. The van der Waals surface area contributed by atoms with Crippen molar-refractivity contribution < 1.29 is 83.4 Å². The summed E-state index contributed by atoms with van der Waals surface area (Å²) in [5.41, 5.74) is 1.45. The van der Waals surface area contributed by atoms with Gasteiger partial charge in [0.05, 0.1) is 11.9 Å².